The van der Waals surface area contributed by atoms with Crippen molar-refractivity contribution in [3.63, 3.8) is 0 Å². The van der Waals surface area contributed by atoms with Crippen molar-refractivity contribution in [3.05, 3.63) is 82.9 Å². The lowest BCUT2D eigenvalue weighted by Crippen LogP contribution is -2.47. The largest absolute Gasteiger partial charge is 0.457 e. The molecule has 8 heteroatoms. The third-order valence-corrected chi connectivity index (χ3v) is 5.72. The van der Waals surface area contributed by atoms with E-state index in [0.717, 1.165) is 34.6 Å². The molecule has 1 aliphatic rings. The summed E-state index contributed by atoms with van der Waals surface area (Å²) >= 11 is 0. The maximum Gasteiger partial charge on any atom is 0.416 e. The fraction of sp³-hybridized carbons (Fsp3) is 0.280. The van der Waals surface area contributed by atoms with Gasteiger partial charge in [-0.1, -0.05) is 12.1 Å². The number of aliphatic hydroxyl groups is 2. The summed E-state index contributed by atoms with van der Waals surface area (Å²) in [6.45, 7) is -0.598. The molecule has 3 aromatic carbocycles. The average Bonchev–Trinajstić information content (AvgIpc) is 2.81. The van der Waals surface area contributed by atoms with Crippen LogP contribution in [-0.2, 0) is 19.0 Å². The molecule has 0 saturated heterocycles. The fourth-order valence-corrected chi connectivity index (χ4v) is 3.66. The van der Waals surface area contributed by atoms with Gasteiger partial charge in [-0.25, -0.2) is 0 Å². The van der Waals surface area contributed by atoms with Gasteiger partial charge in [0.2, 0.25) is 0 Å². The Bertz CT molecular complexity index is 1130. The van der Waals surface area contributed by atoms with Crippen molar-refractivity contribution in [1.82, 2.24) is 0 Å². The van der Waals surface area contributed by atoms with Gasteiger partial charge in [0.25, 0.3) is 0 Å². The zero-order chi connectivity index (χ0) is 23.6. The normalized spacial score (nSPS) is 13.2. The number of halogens is 3. The van der Waals surface area contributed by atoms with Crippen molar-refractivity contribution in [2.24, 2.45) is 5.73 Å². The Hall–Kier alpha value is -3.07. The predicted octanol–water partition coefficient (Wildman–Crippen LogP) is 4.81. The predicted molar refractivity (Wildman–Crippen MR) is 117 cm³/mol. The first-order valence-electron chi connectivity index (χ1n) is 10.5. The van der Waals surface area contributed by atoms with Crippen LogP contribution in [0.15, 0.2) is 60.7 Å². The highest BCUT2D eigenvalue weighted by molar-refractivity contribution is 5.53. The first kappa shape index (κ1) is 23.1. The molecular formula is C25H24F3NO4. The van der Waals surface area contributed by atoms with E-state index in [2.05, 4.69) is 0 Å². The maximum absolute atomic E-state index is 12.7. The fourth-order valence-electron chi connectivity index (χ4n) is 3.66. The van der Waals surface area contributed by atoms with Crippen LogP contribution in [0.3, 0.4) is 0 Å². The van der Waals surface area contributed by atoms with E-state index in [1.54, 1.807) is 12.1 Å². The SMILES string of the molecule is NC(CO)(CO)CCc1ccc2c(c1)Cc1cc(Oc3ccc(C(F)(F)F)cc3)ccc1O2. The first-order valence-corrected chi connectivity index (χ1v) is 10.5. The third-order valence-electron chi connectivity index (χ3n) is 5.72. The minimum absolute atomic E-state index is 0.299. The molecule has 174 valence electrons. The highest BCUT2D eigenvalue weighted by Crippen LogP contribution is 2.39. The lowest BCUT2D eigenvalue weighted by Gasteiger charge is -2.25. The zero-order valence-electron chi connectivity index (χ0n) is 17.7. The van der Waals surface area contributed by atoms with E-state index in [4.69, 9.17) is 15.2 Å². The molecule has 5 nitrogen and oxygen atoms in total. The first-order chi connectivity index (χ1) is 15.7. The Morgan fingerprint density at radius 1 is 0.848 bits per heavy atom. The molecule has 4 rings (SSSR count). The van der Waals surface area contributed by atoms with Gasteiger partial charge in [-0.05, 0) is 72.5 Å². The van der Waals surface area contributed by atoms with Crippen molar-refractivity contribution in [2.45, 2.75) is 31.0 Å². The maximum atomic E-state index is 12.7. The molecular weight excluding hydrogens is 435 g/mol. The second-order valence-electron chi connectivity index (χ2n) is 8.29. The lowest BCUT2D eigenvalue weighted by molar-refractivity contribution is -0.137. The molecule has 0 amide bonds. The third kappa shape index (κ3) is 5.30. The standard InChI is InChI=1S/C25H24F3NO4/c26-25(27,28)19-2-4-20(5-3-19)32-21-6-8-23-18(13-21)12-17-11-16(1-7-22(17)33-23)9-10-24(29,14-30)15-31/h1-8,11,13,30-31H,9-10,12,14-15,29H2. The van der Waals surface area contributed by atoms with Crippen LogP contribution in [0, 0.1) is 0 Å². The summed E-state index contributed by atoms with van der Waals surface area (Å²) in [5.41, 5.74) is 7.08. The van der Waals surface area contributed by atoms with Crippen molar-refractivity contribution in [2.75, 3.05) is 13.2 Å². The quantitative estimate of drug-likeness (QED) is 0.369. The number of alkyl halides is 3. The average molecular weight is 459 g/mol. The van der Waals surface area contributed by atoms with Gasteiger partial charge in [-0.2, -0.15) is 13.2 Å². The molecule has 4 N–H and O–H groups in total. The van der Waals surface area contributed by atoms with Crippen LogP contribution in [0.1, 0.15) is 28.7 Å². The summed E-state index contributed by atoms with van der Waals surface area (Å²) in [4.78, 5) is 0. The summed E-state index contributed by atoms with van der Waals surface area (Å²) in [7, 11) is 0. The van der Waals surface area contributed by atoms with Gasteiger partial charge in [0, 0.05) is 12.0 Å². The number of hydrogen-bond acceptors (Lipinski definition) is 5. The van der Waals surface area contributed by atoms with Gasteiger partial charge in [-0.3, -0.25) is 0 Å². The van der Waals surface area contributed by atoms with Crippen molar-refractivity contribution >= 4 is 0 Å². The van der Waals surface area contributed by atoms with Crippen LogP contribution in [0.4, 0.5) is 13.2 Å². The van der Waals surface area contributed by atoms with Crippen molar-refractivity contribution in [3.8, 4) is 23.0 Å². The van der Waals surface area contributed by atoms with Crippen LogP contribution in [0.5, 0.6) is 23.0 Å². The lowest BCUT2D eigenvalue weighted by atomic mass is 9.92. The summed E-state index contributed by atoms with van der Waals surface area (Å²) < 4.78 is 50.0. The topological polar surface area (TPSA) is 84.9 Å². The smallest absolute Gasteiger partial charge is 0.416 e. The molecule has 1 heterocycles. The Balaban J connectivity index is 1.47. The van der Waals surface area contributed by atoms with Gasteiger partial charge in [0.1, 0.15) is 23.0 Å². The van der Waals surface area contributed by atoms with Gasteiger partial charge >= 0.3 is 6.18 Å². The van der Waals surface area contributed by atoms with E-state index in [1.807, 2.05) is 24.3 Å². The number of aryl methyl sites for hydroxylation is 1. The van der Waals surface area contributed by atoms with E-state index in [1.165, 1.54) is 12.1 Å². The van der Waals surface area contributed by atoms with E-state index < -0.39 is 17.3 Å². The summed E-state index contributed by atoms with van der Waals surface area (Å²) in [5.74, 6) is 2.23. The Kier molecular flexibility index (Phi) is 6.34. The van der Waals surface area contributed by atoms with Gasteiger partial charge in [0.15, 0.2) is 0 Å². The molecule has 0 bridgehead atoms. The minimum Gasteiger partial charge on any atom is -0.457 e. The highest BCUT2D eigenvalue weighted by Gasteiger charge is 2.30. The number of nitrogens with two attached hydrogens (primary N) is 1. The van der Waals surface area contributed by atoms with Crippen molar-refractivity contribution in [1.29, 1.82) is 0 Å². The molecule has 0 spiro atoms. The highest BCUT2D eigenvalue weighted by atomic mass is 19.4. The van der Waals surface area contributed by atoms with E-state index in [9.17, 15) is 23.4 Å². The number of rotatable bonds is 7. The molecule has 0 radical (unpaired) electrons. The van der Waals surface area contributed by atoms with Crippen LogP contribution < -0.4 is 15.2 Å². The zero-order valence-corrected chi connectivity index (χ0v) is 17.7. The van der Waals surface area contributed by atoms with Crippen LogP contribution in [0.25, 0.3) is 0 Å². The molecule has 0 unspecified atom stereocenters. The Labute approximate surface area is 189 Å². The van der Waals surface area contributed by atoms with E-state index >= 15 is 0 Å². The number of aliphatic hydroxyl groups excluding tert-OH is 2. The molecule has 3 aromatic rings. The molecule has 1 aliphatic heterocycles. The molecule has 0 atom stereocenters. The monoisotopic (exact) mass is 459 g/mol. The van der Waals surface area contributed by atoms with Crippen LogP contribution >= 0.6 is 0 Å². The molecule has 0 fully saturated rings. The summed E-state index contributed by atoms with van der Waals surface area (Å²) in [5, 5.41) is 18.8. The molecule has 0 saturated carbocycles. The second-order valence-corrected chi connectivity index (χ2v) is 8.29. The number of ether oxygens (including phenoxy) is 2. The second kappa shape index (κ2) is 9.05. The summed E-state index contributed by atoms with van der Waals surface area (Å²) in [6.07, 6.45) is -2.78. The number of fused-ring (bicyclic) bond motifs is 2. The van der Waals surface area contributed by atoms with Gasteiger partial charge in [0.05, 0.1) is 24.3 Å². The van der Waals surface area contributed by atoms with Crippen molar-refractivity contribution < 1.29 is 32.9 Å². The minimum atomic E-state index is -4.39. The van der Waals surface area contributed by atoms with E-state index in [0.29, 0.717) is 36.5 Å². The Morgan fingerprint density at radius 2 is 1.45 bits per heavy atom. The van der Waals surface area contributed by atoms with Crippen LogP contribution in [0.2, 0.25) is 0 Å². The number of benzene rings is 3. The molecule has 0 aliphatic carbocycles. The summed E-state index contributed by atoms with van der Waals surface area (Å²) in [6, 6.07) is 15.7. The van der Waals surface area contributed by atoms with E-state index in [-0.39, 0.29) is 13.2 Å². The van der Waals surface area contributed by atoms with Gasteiger partial charge in [-0.15, -0.1) is 0 Å². The van der Waals surface area contributed by atoms with Gasteiger partial charge < -0.3 is 25.4 Å². The molecule has 0 aromatic heterocycles. The molecule has 33 heavy (non-hydrogen) atoms. The number of hydrogen-bond donors (Lipinski definition) is 3. The Morgan fingerprint density at radius 3 is 2.09 bits per heavy atom. The van der Waals surface area contributed by atoms with Crippen LogP contribution in [-0.4, -0.2) is 29.0 Å².